The van der Waals surface area contributed by atoms with Gasteiger partial charge in [-0.2, -0.15) is 0 Å². The van der Waals surface area contributed by atoms with E-state index in [1.807, 2.05) is 0 Å². The molecule has 46 heavy (non-hydrogen) atoms. The number of rotatable bonds is 3. The van der Waals surface area contributed by atoms with Crippen LogP contribution in [-0.4, -0.2) is 11.3 Å². The first kappa shape index (κ1) is 25.6. The largest absolute Gasteiger partial charge is 0.333 e. The van der Waals surface area contributed by atoms with Crippen molar-refractivity contribution in [1.29, 1.82) is 0 Å². The average molecular weight is 588 g/mol. The van der Waals surface area contributed by atoms with Gasteiger partial charge >= 0.3 is 0 Å². The van der Waals surface area contributed by atoms with Crippen LogP contribution in [0.25, 0.3) is 21.8 Å². The first-order chi connectivity index (χ1) is 22.9. The number of hydrogen-bond donors (Lipinski definition) is 0. The Morgan fingerprint density at radius 1 is 0.500 bits per heavy atom. The van der Waals surface area contributed by atoms with Crippen LogP contribution in [0, 0.1) is 0 Å². The average Bonchev–Trinajstić information content (AvgIpc) is 3.46. The highest BCUT2D eigenvalue weighted by atomic mass is 15.2. The number of aromatic nitrogens is 1. The second-order valence-corrected chi connectivity index (χ2v) is 12.5. The van der Waals surface area contributed by atoms with Gasteiger partial charge in [0.05, 0.1) is 11.6 Å². The molecule has 1 aliphatic carbocycles. The minimum absolute atomic E-state index is 0.143. The molecule has 0 fully saturated rings. The molecule has 3 heterocycles. The third kappa shape index (κ3) is 3.55. The van der Waals surface area contributed by atoms with E-state index in [0.29, 0.717) is 0 Å². The summed E-state index contributed by atoms with van der Waals surface area (Å²) in [6.45, 7) is 0.143. The van der Waals surface area contributed by atoms with Gasteiger partial charge in [0.1, 0.15) is 0 Å². The summed E-state index contributed by atoms with van der Waals surface area (Å²) >= 11 is 0. The topological polar surface area (TPSA) is 11.4 Å². The minimum Gasteiger partial charge on any atom is -0.333 e. The van der Waals surface area contributed by atoms with E-state index in [0.717, 1.165) is 6.42 Å². The maximum atomic E-state index is 2.54. The first-order valence-electron chi connectivity index (χ1n) is 16.2. The van der Waals surface area contributed by atoms with Crippen LogP contribution in [0.4, 0.5) is 34.1 Å². The van der Waals surface area contributed by atoms with Gasteiger partial charge in [0.25, 0.3) is 6.71 Å². The molecule has 7 aromatic rings. The summed E-state index contributed by atoms with van der Waals surface area (Å²) in [6, 6.07) is 51.8. The van der Waals surface area contributed by atoms with Crippen molar-refractivity contribution in [3.05, 3.63) is 164 Å². The van der Waals surface area contributed by atoms with Crippen molar-refractivity contribution in [3.8, 4) is 0 Å². The van der Waals surface area contributed by atoms with Gasteiger partial charge in [-0.3, -0.25) is 0 Å². The maximum absolute atomic E-state index is 2.54. The van der Waals surface area contributed by atoms with E-state index in [1.165, 1.54) is 72.3 Å². The number of anilines is 6. The van der Waals surface area contributed by atoms with E-state index < -0.39 is 0 Å². The molecule has 0 saturated carbocycles. The lowest BCUT2D eigenvalue weighted by Gasteiger charge is -2.44. The Morgan fingerprint density at radius 3 is 1.87 bits per heavy atom. The summed E-state index contributed by atoms with van der Waals surface area (Å²) < 4.78 is 2.54. The van der Waals surface area contributed by atoms with Crippen LogP contribution in [-0.2, 0) is 0 Å². The zero-order valence-corrected chi connectivity index (χ0v) is 25.3. The maximum Gasteiger partial charge on any atom is 0.252 e. The predicted octanol–water partition coefficient (Wildman–Crippen LogP) is 8.93. The van der Waals surface area contributed by atoms with Crippen LogP contribution in [0.1, 0.15) is 12.5 Å². The van der Waals surface area contributed by atoms with Crippen LogP contribution in [0.5, 0.6) is 0 Å². The summed E-state index contributed by atoms with van der Waals surface area (Å²) in [5.74, 6) is 0. The Morgan fingerprint density at radius 2 is 1.13 bits per heavy atom. The fourth-order valence-corrected chi connectivity index (χ4v) is 8.21. The molecule has 0 N–H and O–H groups in total. The van der Waals surface area contributed by atoms with E-state index in [1.54, 1.807) is 0 Å². The van der Waals surface area contributed by atoms with Crippen molar-refractivity contribution in [2.24, 2.45) is 0 Å². The molecule has 0 radical (unpaired) electrons. The molecule has 6 aromatic carbocycles. The van der Waals surface area contributed by atoms with Crippen molar-refractivity contribution in [1.82, 2.24) is 4.57 Å². The number of para-hydroxylation sites is 4. The highest BCUT2D eigenvalue weighted by Gasteiger charge is 2.42. The van der Waals surface area contributed by atoms with E-state index in [9.17, 15) is 0 Å². The second kappa shape index (κ2) is 9.88. The van der Waals surface area contributed by atoms with Crippen molar-refractivity contribution >= 4 is 79.0 Å². The van der Waals surface area contributed by atoms with Crippen LogP contribution >= 0.6 is 0 Å². The highest BCUT2D eigenvalue weighted by Crippen LogP contribution is 2.45. The third-order valence-corrected chi connectivity index (χ3v) is 10.1. The van der Waals surface area contributed by atoms with Crippen molar-refractivity contribution < 1.29 is 0 Å². The lowest BCUT2D eigenvalue weighted by atomic mass is 9.33. The molecule has 1 unspecified atom stereocenters. The molecule has 3 nitrogen and oxygen atoms in total. The summed E-state index contributed by atoms with van der Waals surface area (Å²) in [6.07, 6.45) is 9.95. The molecular formula is C42H30BN3. The van der Waals surface area contributed by atoms with E-state index in [4.69, 9.17) is 0 Å². The Labute approximate surface area is 269 Å². The standard InChI is InChI=1S/C42H30BN3/c1-3-14-29(15-4-1)44-36-21-10-7-18-32(36)33-27-26-31(28-41(33)44)46-38-23-12-9-20-35(38)43-34-19-8-11-22-37(34)45(30-16-5-2-6-17-30)39-24-13-25-40(46)42(39)43/h1-14,16-29H,15H2. The number of benzene rings is 6. The van der Waals surface area contributed by atoms with E-state index in [2.05, 4.69) is 178 Å². The number of allylic oxidation sites excluding steroid dienone is 4. The first-order valence-corrected chi connectivity index (χ1v) is 16.2. The summed E-state index contributed by atoms with van der Waals surface area (Å²) in [5, 5.41) is 2.60. The minimum atomic E-state index is 0.143. The Bertz CT molecular complexity index is 2380. The molecule has 10 rings (SSSR count). The molecule has 216 valence electrons. The SMILES string of the molecule is C1=CCC(n2c3ccccc3c3ccc(N4c5ccccc5B5c6ccccc6N(c6ccccc6)c6cccc4c65)cc32)C=C1. The molecule has 1 aromatic heterocycles. The summed E-state index contributed by atoms with van der Waals surface area (Å²) in [5.41, 5.74) is 13.9. The third-order valence-electron chi connectivity index (χ3n) is 10.1. The Balaban J connectivity index is 1.25. The van der Waals surface area contributed by atoms with Gasteiger partial charge in [-0.25, -0.2) is 0 Å². The van der Waals surface area contributed by atoms with Gasteiger partial charge < -0.3 is 14.4 Å². The molecule has 2 aliphatic heterocycles. The van der Waals surface area contributed by atoms with Gasteiger partial charge in [-0.05, 0) is 77.4 Å². The van der Waals surface area contributed by atoms with Gasteiger partial charge in [0.2, 0.25) is 0 Å². The Hall–Kier alpha value is -5.74. The molecule has 0 bridgehead atoms. The number of hydrogen-bond acceptors (Lipinski definition) is 2. The van der Waals surface area contributed by atoms with Crippen LogP contribution in [0.2, 0.25) is 0 Å². The van der Waals surface area contributed by atoms with Gasteiger partial charge in [0.15, 0.2) is 0 Å². The van der Waals surface area contributed by atoms with Crippen molar-refractivity contribution in [2.45, 2.75) is 12.5 Å². The zero-order valence-electron chi connectivity index (χ0n) is 25.3. The van der Waals surface area contributed by atoms with Crippen LogP contribution < -0.4 is 26.2 Å². The second-order valence-electron chi connectivity index (χ2n) is 12.5. The monoisotopic (exact) mass is 587 g/mol. The Kier molecular flexibility index (Phi) is 5.50. The lowest BCUT2D eigenvalue weighted by molar-refractivity contribution is 0.648. The van der Waals surface area contributed by atoms with Crippen molar-refractivity contribution in [2.75, 3.05) is 9.80 Å². The van der Waals surface area contributed by atoms with Crippen LogP contribution in [0.3, 0.4) is 0 Å². The molecule has 0 spiro atoms. The van der Waals surface area contributed by atoms with Gasteiger partial charge in [-0.1, -0.05) is 109 Å². The number of fused-ring (bicyclic) bond motifs is 7. The quantitative estimate of drug-likeness (QED) is 0.191. The highest BCUT2D eigenvalue weighted by molar-refractivity contribution is 7.00. The molecule has 0 amide bonds. The smallest absolute Gasteiger partial charge is 0.252 e. The normalized spacial score (nSPS) is 16.1. The molecule has 4 heteroatoms. The van der Waals surface area contributed by atoms with Gasteiger partial charge in [0, 0.05) is 50.4 Å². The summed E-state index contributed by atoms with van der Waals surface area (Å²) in [4.78, 5) is 4.95. The van der Waals surface area contributed by atoms with Gasteiger partial charge in [-0.15, -0.1) is 0 Å². The van der Waals surface area contributed by atoms with Crippen LogP contribution in [0.15, 0.2) is 164 Å². The predicted molar refractivity (Wildman–Crippen MR) is 195 cm³/mol. The number of nitrogens with zero attached hydrogens (tertiary/aromatic N) is 3. The fourth-order valence-electron chi connectivity index (χ4n) is 8.21. The summed E-state index contributed by atoms with van der Waals surface area (Å²) in [7, 11) is 0. The fraction of sp³-hybridized carbons (Fsp3) is 0.0476. The van der Waals surface area contributed by atoms with Crippen molar-refractivity contribution in [3.63, 3.8) is 0 Å². The lowest BCUT2D eigenvalue weighted by Crippen LogP contribution is -2.61. The molecule has 3 aliphatic rings. The van der Waals surface area contributed by atoms with E-state index in [-0.39, 0.29) is 12.8 Å². The molecular weight excluding hydrogens is 557 g/mol. The molecule has 1 atom stereocenters. The van der Waals surface area contributed by atoms with E-state index >= 15 is 0 Å². The zero-order chi connectivity index (χ0) is 30.2. The molecule has 0 saturated heterocycles.